The van der Waals surface area contributed by atoms with Gasteiger partial charge in [-0.2, -0.15) is 0 Å². The van der Waals surface area contributed by atoms with E-state index in [1.807, 2.05) is 29.2 Å². The molecular weight excluding hydrogens is 358 g/mol. The lowest BCUT2D eigenvalue weighted by molar-refractivity contribution is -0.132. The zero-order chi connectivity index (χ0) is 19.5. The number of hydrogen-bond donors (Lipinski definition) is 1. The lowest BCUT2D eigenvalue weighted by atomic mass is 9.89. The molecule has 6 heteroatoms. The summed E-state index contributed by atoms with van der Waals surface area (Å²) in [7, 11) is 0. The molecular formula is C22H23NO5. The highest BCUT2D eigenvalue weighted by molar-refractivity contribution is 5.87. The average Bonchev–Trinajstić information content (AvgIpc) is 3.20. The standard InChI is InChI=1S/C22H23NO5/c24-21(9-7-15-6-8-19-20(11-15)28-14-27-19)23-10-2-5-18(13-23)16-3-1-4-17(12-16)22(25)26/h1,3-4,6,8,11-12,18H,2,5,7,9-10,13-14H2,(H,25,26)/t18-/m1/s1. The number of carbonyl (C=O) groups excluding carboxylic acids is 1. The number of carbonyl (C=O) groups is 2. The van der Waals surface area contributed by atoms with Crippen LogP contribution in [0.2, 0.25) is 0 Å². The molecule has 1 atom stereocenters. The molecule has 4 rings (SSSR count). The quantitative estimate of drug-likeness (QED) is 0.858. The molecule has 146 valence electrons. The van der Waals surface area contributed by atoms with Crippen molar-refractivity contribution in [3.8, 4) is 11.5 Å². The minimum atomic E-state index is -0.922. The third-order valence-corrected chi connectivity index (χ3v) is 5.44. The average molecular weight is 381 g/mol. The van der Waals surface area contributed by atoms with Gasteiger partial charge in [0.2, 0.25) is 12.7 Å². The van der Waals surface area contributed by atoms with Crippen LogP contribution in [0.3, 0.4) is 0 Å². The van der Waals surface area contributed by atoms with E-state index < -0.39 is 5.97 Å². The molecule has 1 amide bonds. The van der Waals surface area contributed by atoms with Gasteiger partial charge in [0.25, 0.3) is 0 Å². The summed E-state index contributed by atoms with van der Waals surface area (Å²) in [5, 5.41) is 9.20. The summed E-state index contributed by atoms with van der Waals surface area (Å²) in [4.78, 5) is 25.9. The fraction of sp³-hybridized carbons (Fsp3) is 0.364. The Hall–Kier alpha value is -3.02. The molecule has 1 N–H and O–H groups in total. The van der Waals surface area contributed by atoms with Crippen LogP contribution in [-0.4, -0.2) is 41.8 Å². The summed E-state index contributed by atoms with van der Waals surface area (Å²) >= 11 is 0. The van der Waals surface area contributed by atoms with Crippen LogP contribution in [-0.2, 0) is 11.2 Å². The summed E-state index contributed by atoms with van der Waals surface area (Å²) in [5.41, 5.74) is 2.34. The highest BCUT2D eigenvalue weighted by atomic mass is 16.7. The highest BCUT2D eigenvalue weighted by Gasteiger charge is 2.25. The number of piperidine rings is 1. The predicted molar refractivity (Wildman–Crippen MR) is 103 cm³/mol. The number of rotatable bonds is 5. The molecule has 2 aromatic rings. The number of aryl methyl sites for hydroxylation is 1. The summed E-state index contributed by atoms with van der Waals surface area (Å²) in [6.45, 7) is 1.65. The second kappa shape index (κ2) is 7.92. The molecule has 2 heterocycles. The van der Waals surface area contributed by atoms with E-state index >= 15 is 0 Å². The maximum Gasteiger partial charge on any atom is 0.335 e. The third kappa shape index (κ3) is 3.96. The van der Waals surface area contributed by atoms with Crippen molar-refractivity contribution in [1.29, 1.82) is 0 Å². The topological polar surface area (TPSA) is 76.1 Å². The number of amides is 1. The number of benzene rings is 2. The number of aromatic carboxylic acids is 1. The van der Waals surface area contributed by atoms with Gasteiger partial charge in [-0.15, -0.1) is 0 Å². The van der Waals surface area contributed by atoms with Crippen molar-refractivity contribution < 1.29 is 24.2 Å². The first-order valence-electron chi connectivity index (χ1n) is 9.60. The number of hydrogen-bond acceptors (Lipinski definition) is 4. The molecule has 0 aromatic heterocycles. The van der Waals surface area contributed by atoms with Crippen molar-refractivity contribution in [2.24, 2.45) is 0 Å². The Labute approximate surface area is 163 Å². The van der Waals surface area contributed by atoms with Crippen molar-refractivity contribution in [3.63, 3.8) is 0 Å². The normalized spacial score (nSPS) is 18.1. The van der Waals surface area contributed by atoms with Crippen molar-refractivity contribution in [2.45, 2.75) is 31.6 Å². The van der Waals surface area contributed by atoms with Gasteiger partial charge in [0.15, 0.2) is 11.5 Å². The maximum absolute atomic E-state index is 12.7. The van der Waals surface area contributed by atoms with Gasteiger partial charge in [0.1, 0.15) is 0 Å². The molecule has 2 aromatic carbocycles. The van der Waals surface area contributed by atoms with Gasteiger partial charge in [-0.3, -0.25) is 4.79 Å². The second-order valence-corrected chi connectivity index (χ2v) is 7.30. The lowest BCUT2D eigenvalue weighted by Gasteiger charge is -2.33. The second-order valence-electron chi connectivity index (χ2n) is 7.30. The van der Waals surface area contributed by atoms with Gasteiger partial charge < -0.3 is 19.5 Å². The molecule has 0 unspecified atom stereocenters. The zero-order valence-corrected chi connectivity index (χ0v) is 15.6. The first kappa shape index (κ1) is 18.3. The highest BCUT2D eigenvalue weighted by Crippen LogP contribution is 2.33. The summed E-state index contributed by atoms with van der Waals surface area (Å²) in [5.74, 6) is 0.882. The molecule has 2 aliphatic heterocycles. The smallest absolute Gasteiger partial charge is 0.335 e. The van der Waals surface area contributed by atoms with Gasteiger partial charge in [-0.25, -0.2) is 4.79 Å². The monoisotopic (exact) mass is 381 g/mol. The molecule has 0 bridgehead atoms. The number of likely N-dealkylation sites (tertiary alicyclic amines) is 1. The first-order valence-corrected chi connectivity index (χ1v) is 9.60. The van der Waals surface area contributed by atoms with Gasteiger partial charge >= 0.3 is 5.97 Å². The molecule has 2 aliphatic rings. The van der Waals surface area contributed by atoms with Gasteiger partial charge in [0, 0.05) is 25.4 Å². The zero-order valence-electron chi connectivity index (χ0n) is 15.6. The molecule has 1 saturated heterocycles. The predicted octanol–water partition coefficient (Wildman–Crippen LogP) is 3.45. The SMILES string of the molecule is O=C(O)c1cccc([C@@H]2CCCN(C(=O)CCc3ccc4c(c3)OCO4)C2)c1. The molecule has 28 heavy (non-hydrogen) atoms. The largest absolute Gasteiger partial charge is 0.478 e. The Morgan fingerprint density at radius 1 is 1.11 bits per heavy atom. The van der Waals surface area contributed by atoms with Gasteiger partial charge in [-0.05, 0) is 54.7 Å². The number of nitrogens with zero attached hydrogens (tertiary/aromatic N) is 1. The molecule has 0 aliphatic carbocycles. The van der Waals surface area contributed by atoms with Crippen molar-refractivity contribution in [1.82, 2.24) is 4.90 Å². The Morgan fingerprint density at radius 3 is 2.82 bits per heavy atom. The minimum Gasteiger partial charge on any atom is -0.478 e. The molecule has 0 spiro atoms. The maximum atomic E-state index is 12.7. The van der Waals surface area contributed by atoms with Crippen molar-refractivity contribution in [3.05, 3.63) is 59.2 Å². The number of carboxylic acids is 1. The lowest BCUT2D eigenvalue weighted by Crippen LogP contribution is -2.39. The number of fused-ring (bicyclic) bond motifs is 1. The van der Waals surface area contributed by atoms with E-state index in [0.29, 0.717) is 24.9 Å². The molecule has 0 saturated carbocycles. The van der Waals surface area contributed by atoms with E-state index in [2.05, 4.69) is 0 Å². The van der Waals surface area contributed by atoms with Gasteiger partial charge in [0.05, 0.1) is 5.56 Å². The first-order chi connectivity index (χ1) is 13.6. The van der Waals surface area contributed by atoms with E-state index in [-0.39, 0.29) is 18.6 Å². The minimum absolute atomic E-state index is 0.136. The van der Waals surface area contributed by atoms with Crippen LogP contribution < -0.4 is 9.47 Å². The van der Waals surface area contributed by atoms with Crippen LogP contribution in [0.25, 0.3) is 0 Å². The van der Waals surface area contributed by atoms with Crippen LogP contribution in [0.15, 0.2) is 42.5 Å². The fourth-order valence-electron chi connectivity index (χ4n) is 3.91. The Balaban J connectivity index is 1.37. The van der Waals surface area contributed by atoms with Crippen LogP contribution in [0.4, 0.5) is 0 Å². The van der Waals surface area contributed by atoms with Crippen molar-refractivity contribution >= 4 is 11.9 Å². The Bertz CT molecular complexity index is 894. The van der Waals surface area contributed by atoms with Crippen LogP contribution in [0, 0.1) is 0 Å². The van der Waals surface area contributed by atoms with Crippen LogP contribution in [0.5, 0.6) is 11.5 Å². The van der Waals surface area contributed by atoms with E-state index in [1.54, 1.807) is 18.2 Å². The molecule has 1 fully saturated rings. The third-order valence-electron chi connectivity index (χ3n) is 5.44. The van der Waals surface area contributed by atoms with E-state index in [0.717, 1.165) is 42.0 Å². The fourth-order valence-corrected chi connectivity index (χ4v) is 3.91. The summed E-state index contributed by atoms with van der Waals surface area (Å²) < 4.78 is 10.7. The van der Waals surface area contributed by atoms with Crippen LogP contribution >= 0.6 is 0 Å². The van der Waals surface area contributed by atoms with Gasteiger partial charge in [-0.1, -0.05) is 18.2 Å². The summed E-state index contributed by atoms with van der Waals surface area (Å²) in [6.07, 6.45) is 3.00. The van der Waals surface area contributed by atoms with Crippen LogP contribution in [0.1, 0.15) is 46.7 Å². The number of carboxylic acid groups (broad SMARTS) is 1. The van der Waals surface area contributed by atoms with E-state index in [9.17, 15) is 14.7 Å². The molecule has 6 nitrogen and oxygen atoms in total. The van der Waals surface area contributed by atoms with E-state index in [1.165, 1.54) is 0 Å². The number of ether oxygens (including phenoxy) is 2. The molecule has 0 radical (unpaired) electrons. The van der Waals surface area contributed by atoms with Crippen molar-refractivity contribution in [2.75, 3.05) is 19.9 Å². The van der Waals surface area contributed by atoms with E-state index in [4.69, 9.17) is 9.47 Å². The Kier molecular flexibility index (Phi) is 5.19. The Morgan fingerprint density at radius 2 is 1.96 bits per heavy atom. The summed E-state index contributed by atoms with van der Waals surface area (Å²) in [6, 6.07) is 12.9.